The van der Waals surface area contributed by atoms with Crippen LogP contribution in [0.4, 0.5) is 13.2 Å². The Morgan fingerprint density at radius 2 is 1.57 bits per heavy atom. The maximum atomic E-state index is 13.2. The SMILES string of the molecule is CCOC(=O)c1ccc(OC(=O)c2cn(-c3cccc(C(F)(F)F)c3)c(=O)c3ccccc23)cc1. The number of carbonyl (C=O) groups excluding carboxylic acids is 2. The molecule has 6 nitrogen and oxygen atoms in total. The number of benzene rings is 3. The van der Waals surface area contributed by atoms with Crippen molar-refractivity contribution in [3.8, 4) is 11.4 Å². The molecule has 4 aromatic rings. The van der Waals surface area contributed by atoms with E-state index in [0.717, 1.165) is 22.9 Å². The van der Waals surface area contributed by atoms with Crippen LogP contribution < -0.4 is 10.3 Å². The number of nitrogens with zero attached hydrogens (tertiary/aromatic N) is 1. The van der Waals surface area contributed by atoms with Crippen molar-refractivity contribution < 1.29 is 32.2 Å². The average Bonchev–Trinajstić information content (AvgIpc) is 2.84. The summed E-state index contributed by atoms with van der Waals surface area (Å²) < 4.78 is 51.0. The summed E-state index contributed by atoms with van der Waals surface area (Å²) in [5, 5.41) is 0.422. The van der Waals surface area contributed by atoms with E-state index in [-0.39, 0.29) is 39.9 Å². The summed E-state index contributed by atoms with van der Waals surface area (Å²) in [7, 11) is 0. The molecule has 0 fully saturated rings. The number of esters is 2. The third-order valence-corrected chi connectivity index (χ3v) is 5.17. The number of carbonyl (C=O) groups is 2. The van der Waals surface area contributed by atoms with Crippen molar-refractivity contribution in [3.05, 3.63) is 106 Å². The standard InChI is InChI=1S/C26H18F3NO5/c1-2-34-24(32)16-10-12-19(13-11-16)35-25(33)22-15-30(23(31)21-9-4-3-8-20(21)22)18-7-5-6-17(14-18)26(27,28)29/h3-15H,2H2,1H3. The molecule has 0 amide bonds. The lowest BCUT2D eigenvalue weighted by molar-refractivity contribution is -0.137. The van der Waals surface area contributed by atoms with Crippen LogP contribution in [-0.2, 0) is 10.9 Å². The second-order valence-electron chi connectivity index (χ2n) is 7.45. The predicted octanol–water partition coefficient (Wildman–Crippen LogP) is 5.41. The molecular weight excluding hydrogens is 463 g/mol. The van der Waals surface area contributed by atoms with E-state index in [1.807, 2.05) is 0 Å². The lowest BCUT2D eigenvalue weighted by Crippen LogP contribution is -2.22. The van der Waals surface area contributed by atoms with Gasteiger partial charge in [0, 0.05) is 22.7 Å². The van der Waals surface area contributed by atoms with Gasteiger partial charge in [0.15, 0.2) is 0 Å². The lowest BCUT2D eigenvalue weighted by Gasteiger charge is -2.14. The predicted molar refractivity (Wildman–Crippen MR) is 122 cm³/mol. The van der Waals surface area contributed by atoms with Crippen molar-refractivity contribution in [2.24, 2.45) is 0 Å². The number of hydrogen-bond acceptors (Lipinski definition) is 5. The molecule has 0 saturated heterocycles. The van der Waals surface area contributed by atoms with E-state index in [9.17, 15) is 27.6 Å². The molecule has 1 aromatic heterocycles. The molecule has 4 rings (SSSR count). The Labute approximate surface area is 197 Å². The summed E-state index contributed by atoms with van der Waals surface area (Å²) in [6.45, 7) is 1.89. The zero-order chi connectivity index (χ0) is 25.2. The minimum absolute atomic E-state index is 0.0212. The first kappa shape index (κ1) is 23.7. The van der Waals surface area contributed by atoms with Gasteiger partial charge in [0.1, 0.15) is 5.75 Å². The Bertz CT molecular complexity index is 1470. The van der Waals surface area contributed by atoms with Crippen LogP contribution in [0.2, 0.25) is 0 Å². The number of halogens is 3. The minimum atomic E-state index is -4.60. The molecule has 0 unspecified atom stereocenters. The molecule has 0 saturated carbocycles. The van der Waals surface area contributed by atoms with Gasteiger partial charge in [-0.25, -0.2) is 9.59 Å². The lowest BCUT2D eigenvalue weighted by atomic mass is 10.1. The van der Waals surface area contributed by atoms with Crippen LogP contribution in [0.3, 0.4) is 0 Å². The molecule has 3 aromatic carbocycles. The highest BCUT2D eigenvalue weighted by molar-refractivity contribution is 6.04. The quantitative estimate of drug-likeness (QED) is 0.282. The summed E-state index contributed by atoms with van der Waals surface area (Å²) in [6, 6.07) is 16.2. The molecule has 0 radical (unpaired) electrons. The van der Waals surface area contributed by atoms with Gasteiger partial charge in [-0.1, -0.05) is 24.3 Å². The molecule has 0 atom stereocenters. The summed E-state index contributed by atoms with van der Waals surface area (Å²) >= 11 is 0. The van der Waals surface area contributed by atoms with Crippen LogP contribution in [0.25, 0.3) is 16.5 Å². The molecular formula is C26H18F3NO5. The van der Waals surface area contributed by atoms with Crippen molar-refractivity contribution in [1.29, 1.82) is 0 Å². The third kappa shape index (κ3) is 4.93. The molecule has 0 bridgehead atoms. The molecule has 178 valence electrons. The van der Waals surface area contributed by atoms with Crippen molar-refractivity contribution in [3.63, 3.8) is 0 Å². The fraction of sp³-hybridized carbons (Fsp3) is 0.115. The van der Waals surface area contributed by atoms with E-state index in [1.54, 1.807) is 25.1 Å². The topological polar surface area (TPSA) is 74.6 Å². The van der Waals surface area contributed by atoms with Gasteiger partial charge in [-0.05, 0) is 55.5 Å². The highest BCUT2D eigenvalue weighted by Crippen LogP contribution is 2.30. The smallest absolute Gasteiger partial charge is 0.416 e. The molecule has 0 spiro atoms. The zero-order valence-electron chi connectivity index (χ0n) is 18.3. The van der Waals surface area contributed by atoms with Crippen LogP contribution in [-0.4, -0.2) is 23.1 Å². The number of ether oxygens (including phenoxy) is 2. The van der Waals surface area contributed by atoms with Crippen molar-refractivity contribution in [1.82, 2.24) is 4.57 Å². The zero-order valence-corrected chi connectivity index (χ0v) is 18.3. The van der Waals surface area contributed by atoms with Gasteiger partial charge in [0.2, 0.25) is 0 Å². The highest BCUT2D eigenvalue weighted by atomic mass is 19.4. The van der Waals surface area contributed by atoms with E-state index in [1.165, 1.54) is 42.5 Å². The number of alkyl halides is 3. The van der Waals surface area contributed by atoms with Gasteiger partial charge in [0.05, 0.1) is 23.3 Å². The summed E-state index contributed by atoms with van der Waals surface area (Å²) in [5.74, 6) is -1.22. The van der Waals surface area contributed by atoms with Crippen molar-refractivity contribution >= 4 is 22.7 Å². The molecule has 0 N–H and O–H groups in total. The molecule has 0 aliphatic heterocycles. The van der Waals surface area contributed by atoms with E-state index in [0.29, 0.717) is 0 Å². The molecule has 9 heteroatoms. The fourth-order valence-electron chi connectivity index (χ4n) is 3.51. The summed E-state index contributed by atoms with van der Waals surface area (Å²) in [4.78, 5) is 37.9. The molecule has 1 heterocycles. The normalized spacial score (nSPS) is 11.3. The van der Waals surface area contributed by atoms with Gasteiger partial charge in [-0.15, -0.1) is 0 Å². The van der Waals surface area contributed by atoms with Gasteiger partial charge >= 0.3 is 18.1 Å². The molecule has 0 aliphatic rings. The first-order valence-electron chi connectivity index (χ1n) is 10.5. The van der Waals surface area contributed by atoms with Gasteiger partial charge in [-0.3, -0.25) is 9.36 Å². The van der Waals surface area contributed by atoms with Crippen LogP contribution in [0.1, 0.15) is 33.2 Å². The van der Waals surface area contributed by atoms with E-state index >= 15 is 0 Å². The van der Waals surface area contributed by atoms with E-state index in [2.05, 4.69) is 0 Å². The maximum Gasteiger partial charge on any atom is 0.416 e. The minimum Gasteiger partial charge on any atom is -0.462 e. The number of aromatic nitrogens is 1. The van der Waals surface area contributed by atoms with E-state index in [4.69, 9.17) is 9.47 Å². The summed E-state index contributed by atoms with van der Waals surface area (Å²) in [6.07, 6.45) is -3.44. The van der Waals surface area contributed by atoms with Crippen LogP contribution in [0.5, 0.6) is 5.75 Å². The molecule has 35 heavy (non-hydrogen) atoms. The van der Waals surface area contributed by atoms with Crippen LogP contribution >= 0.6 is 0 Å². The number of rotatable bonds is 5. The molecule has 0 aliphatic carbocycles. The van der Waals surface area contributed by atoms with Crippen LogP contribution in [0, 0.1) is 0 Å². The Balaban J connectivity index is 1.75. The Morgan fingerprint density at radius 1 is 0.886 bits per heavy atom. The Kier molecular flexibility index (Phi) is 6.42. The van der Waals surface area contributed by atoms with Gasteiger partial charge < -0.3 is 9.47 Å². The first-order valence-corrected chi connectivity index (χ1v) is 10.5. The fourth-order valence-corrected chi connectivity index (χ4v) is 3.51. The third-order valence-electron chi connectivity index (χ3n) is 5.17. The van der Waals surface area contributed by atoms with Crippen molar-refractivity contribution in [2.45, 2.75) is 13.1 Å². The number of hydrogen-bond donors (Lipinski definition) is 0. The second-order valence-corrected chi connectivity index (χ2v) is 7.45. The Hall–Kier alpha value is -4.40. The Morgan fingerprint density at radius 3 is 2.23 bits per heavy atom. The first-order chi connectivity index (χ1) is 16.7. The second kappa shape index (κ2) is 9.46. The number of pyridine rings is 1. The average molecular weight is 481 g/mol. The summed E-state index contributed by atoms with van der Waals surface area (Å²) in [5.41, 5.74) is -1.32. The largest absolute Gasteiger partial charge is 0.462 e. The van der Waals surface area contributed by atoms with Gasteiger partial charge in [-0.2, -0.15) is 13.2 Å². The van der Waals surface area contributed by atoms with Crippen molar-refractivity contribution in [2.75, 3.05) is 6.61 Å². The maximum absolute atomic E-state index is 13.2. The van der Waals surface area contributed by atoms with Gasteiger partial charge in [0.25, 0.3) is 5.56 Å². The van der Waals surface area contributed by atoms with Crippen LogP contribution in [0.15, 0.2) is 83.8 Å². The van der Waals surface area contributed by atoms with E-state index < -0.39 is 29.2 Å². The highest BCUT2D eigenvalue weighted by Gasteiger charge is 2.30. The monoisotopic (exact) mass is 481 g/mol. The number of fused-ring (bicyclic) bond motifs is 1.